The minimum atomic E-state index is -0.535. The van der Waals surface area contributed by atoms with Crippen LogP contribution in [-0.4, -0.2) is 43.5 Å². The topological polar surface area (TPSA) is 81.7 Å². The molecule has 0 unspecified atom stereocenters. The van der Waals surface area contributed by atoms with Crippen LogP contribution in [0.3, 0.4) is 0 Å². The third-order valence-corrected chi connectivity index (χ3v) is 4.89. The summed E-state index contributed by atoms with van der Waals surface area (Å²) < 4.78 is 10.3. The van der Waals surface area contributed by atoms with Crippen LogP contribution < -0.4 is 5.32 Å². The summed E-state index contributed by atoms with van der Waals surface area (Å²) in [5.41, 5.74) is 3.20. The van der Waals surface area contributed by atoms with Gasteiger partial charge in [0, 0.05) is 25.1 Å². The molecule has 6 heteroatoms. The molecule has 0 bridgehead atoms. The first-order valence-corrected chi connectivity index (χ1v) is 9.31. The fourth-order valence-electron chi connectivity index (χ4n) is 3.41. The largest absolute Gasteiger partial charge is 0.456 e. The maximum absolute atomic E-state index is 12.2. The van der Waals surface area contributed by atoms with Crippen molar-refractivity contribution in [3.63, 3.8) is 0 Å². The monoisotopic (exact) mass is 359 g/mol. The van der Waals surface area contributed by atoms with E-state index in [0.717, 1.165) is 38.7 Å². The predicted molar refractivity (Wildman–Crippen MR) is 95.0 cm³/mol. The number of benzene rings is 1. The second-order valence-electron chi connectivity index (χ2n) is 6.86. The summed E-state index contributed by atoms with van der Waals surface area (Å²) in [6, 6.07) is 5.77. The van der Waals surface area contributed by atoms with Gasteiger partial charge in [-0.3, -0.25) is 14.4 Å². The number of rotatable bonds is 8. The number of fused-ring (bicyclic) bond motifs is 1. The van der Waals surface area contributed by atoms with Gasteiger partial charge in [-0.05, 0) is 49.3 Å². The van der Waals surface area contributed by atoms with Gasteiger partial charge in [0.2, 0.25) is 0 Å². The number of Topliss-reactive ketones (excluding diaryl/α,β-unsaturated/α-hetero) is 1. The number of hydrogen-bond donors (Lipinski definition) is 1. The van der Waals surface area contributed by atoms with Gasteiger partial charge in [-0.2, -0.15) is 0 Å². The molecule has 0 spiro atoms. The number of aryl methyl sites for hydroxylation is 2. The molecule has 1 aromatic rings. The number of ketones is 1. The van der Waals surface area contributed by atoms with E-state index >= 15 is 0 Å². The third kappa shape index (κ3) is 5.14. The Bertz CT molecular complexity index is 679. The summed E-state index contributed by atoms with van der Waals surface area (Å²) in [6.45, 7) is 0.847. The van der Waals surface area contributed by atoms with E-state index in [1.165, 1.54) is 11.1 Å². The number of carbonyl (C=O) groups is 3. The molecule has 1 heterocycles. The molecule has 1 aromatic carbocycles. The van der Waals surface area contributed by atoms with Crippen LogP contribution in [0.1, 0.15) is 53.6 Å². The van der Waals surface area contributed by atoms with Gasteiger partial charge in [-0.1, -0.05) is 12.1 Å². The Morgan fingerprint density at radius 3 is 2.77 bits per heavy atom. The molecule has 6 nitrogen and oxygen atoms in total. The fraction of sp³-hybridized carbons (Fsp3) is 0.550. The highest BCUT2D eigenvalue weighted by Gasteiger charge is 2.18. The highest BCUT2D eigenvalue weighted by atomic mass is 16.5. The van der Waals surface area contributed by atoms with Gasteiger partial charge in [-0.25, -0.2) is 0 Å². The van der Waals surface area contributed by atoms with E-state index in [9.17, 15) is 14.4 Å². The molecule has 26 heavy (non-hydrogen) atoms. The first-order chi connectivity index (χ1) is 12.6. The maximum Gasteiger partial charge on any atom is 0.306 e. The summed E-state index contributed by atoms with van der Waals surface area (Å²) in [7, 11) is 0. The molecule has 3 rings (SSSR count). The standard InChI is InChI=1S/C20H25NO5/c22-18(16-7-6-14-3-1-4-15(14)11-16)8-9-20(24)26-13-19(23)21-12-17-5-2-10-25-17/h6-7,11,17H,1-5,8-10,12-13H2,(H,21,23)/t17-/m1/s1. The van der Waals surface area contributed by atoms with Crippen LogP contribution in [-0.2, 0) is 31.9 Å². The zero-order chi connectivity index (χ0) is 18.4. The van der Waals surface area contributed by atoms with Gasteiger partial charge in [0.1, 0.15) is 0 Å². The van der Waals surface area contributed by atoms with Crippen LogP contribution >= 0.6 is 0 Å². The Labute approximate surface area is 153 Å². The van der Waals surface area contributed by atoms with Gasteiger partial charge in [0.25, 0.3) is 5.91 Å². The van der Waals surface area contributed by atoms with E-state index < -0.39 is 5.97 Å². The first-order valence-electron chi connectivity index (χ1n) is 9.31. The molecule has 0 radical (unpaired) electrons. The van der Waals surface area contributed by atoms with E-state index in [-0.39, 0.29) is 37.2 Å². The second-order valence-corrected chi connectivity index (χ2v) is 6.86. The lowest BCUT2D eigenvalue weighted by atomic mass is 10.0. The Morgan fingerprint density at radius 1 is 1.12 bits per heavy atom. The van der Waals surface area contributed by atoms with Crippen LogP contribution in [0.4, 0.5) is 0 Å². The Kier molecular flexibility index (Phi) is 6.39. The second kappa shape index (κ2) is 8.94. The van der Waals surface area contributed by atoms with Crippen molar-refractivity contribution < 1.29 is 23.9 Å². The molecule has 1 saturated heterocycles. The maximum atomic E-state index is 12.2. The molecule has 1 amide bonds. The molecule has 0 saturated carbocycles. The zero-order valence-corrected chi connectivity index (χ0v) is 14.9. The molecule has 1 aliphatic carbocycles. The predicted octanol–water partition coefficient (Wildman–Crippen LogP) is 1.98. The molecule has 1 aliphatic heterocycles. The highest BCUT2D eigenvalue weighted by molar-refractivity contribution is 5.97. The van der Waals surface area contributed by atoms with E-state index in [1.54, 1.807) is 0 Å². The fourth-order valence-corrected chi connectivity index (χ4v) is 3.41. The number of nitrogens with one attached hydrogen (secondary N) is 1. The average molecular weight is 359 g/mol. The Morgan fingerprint density at radius 2 is 1.96 bits per heavy atom. The van der Waals surface area contributed by atoms with Crippen LogP contribution in [0.2, 0.25) is 0 Å². The first kappa shape index (κ1) is 18.6. The van der Waals surface area contributed by atoms with Crippen LogP contribution in [0.25, 0.3) is 0 Å². The van der Waals surface area contributed by atoms with Gasteiger partial charge in [0.05, 0.1) is 12.5 Å². The number of amides is 1. The Balaban J connectivity index is 1.34. The van der Waals surface area contributed by atoms with E-state index in [2.05, 4.69) is 5.32 Å². The van der Waals surface area contributed by atoms with Gasteiger partial charge < -0.3 is 14.8 Å². The minimum absolute atomic E-state index is 0.0189. The van der Waals surface area contributed by atoms with Crippen molar-refractivity contribution in [2.24, 2.45) is 0 Å². The molecule has 0 aromatic heterocycles. The van der Waals surface area contributed by atoms with Gasteiger partial charge in [-0.15, -0.1) is 0 Å². The van der Waals surface area contributed by atoms with Crippen molar-refractivity contribution in [1.29, 1.82) is 0 Å². The lowest BCUT2D eigenvalue weighted by Crippen LogP contribution is -2.34. The van der Waals surface area contributed by atoms with Crippen molar-refractivity contribution in [2.45, 2.75) is 51.0 Å². The molecule has 140 valence electrons. The van der Waals surface area contributed by atoms with Crippen LogP contribution in [0, 0.1) is 0 Å². The van der Waals surface area contributed by atoms with Crippen molar-refractivity contribution in [1.82, 2.24) is 5.32 Å². The van der Waals surface area contributed by atoms with Crippen LogP contribution in [0.5, 0.6) is 0 Å². The third-order valence-electron chi connectivity index (χ3n) is 4.89. The molecule has 1 fully saturated rings. The summed E-state index contributed by atoms with van der Waals surface area (Å²) in [6.07, 6.45) is 5.29. The van der Waals surface area contributed by atoms with Crippen molar-refractivity contribution in [2.75, 3.05) is 19.8 Å². The average Bonchev–Trinajstić information content (AvgIpc) is 3.33. The lowest BCUT2D eigenvalue weighted by Gasteiger charge is -2.11. The van der Waals surface area contributed by atoms with Gasteiger partial charge in [0.15, 0.2) is 12.4 Å². The van der Waals surface area contributed by atoms with Crippen LogP contribution in [0.15, 0.2) is 18.2 Å². The minimum Gasteiger partial charge on any atom is -0.456 e. The molecule has 2 aliphatic rings. The summed E-state index contributed by atoms with van der Waals surface area (Å²) in [5.74, 6) is -0.954. The van der Waals surface area contributed by atoms with Crippen molar-refractivity contribution >= 4 is 17.7 Å². The zero-order valence-electron chi connectivity index (χ0n) is 14.9. The van der Waals surface area contributed by atoms with Gasteiger partial charge >= 0.3 is 5.97 Å². The quantitative estimate of drug-likeness (QED) is 0.567. The number of esters is 1. The molecular formula is C20H25NO5. The van der Waals surface area contributed by atoms with E-state index in [4.69, 9.17) is 9.47 Å². The Hall–Kier alpha value is -2.21. The number of carbonyl (C=O) groups excluding carboxylic acids is 3. The SMILES string of the molecule is O=C(COC(=O)CCC(=O)c1ccc2c(c1)CCC2)NC[C@H]1CCCO1. The summed E-state index contributed by atoms with van der Waals surface area (Å²) in [4.78, 5) is 35.6. The number of hydrogen-bond acceptors (Lipinski definition) is 5. The van der Waals surface area contributed by atoms with Crippen molar-refractivity contribution in [3.8, 4) is 0 Å². The molecule has 1 N–H and O–H groups in total. The summed E-state index contributed by atoms with van der Waals surface area (Å²) >= 11 is 0. The smallest absolute Gasteiger partial charge is 0.306 e. The summed E-state index contributed by atoms with van der Waals surface area (Å²) in [5, 5.41) is 2.69. The van der Waals surface area contributed by atoms with E-state index in [1.807, 2.05) is 18.2 Å². The van der Waals surface area contributed by atoms with Crippen molar-refractivity contribution in [3.05, 3.63) is 34.9 Å². The molecular weight excluding hydrogens is 334 g/mol. The lowest BCUT2D eigenvalue weighted by molar-refractivity contribution is -0.148. The molecule has 1 atom stereocenters. The van der Waals surface area contributed by atoms with E-state index in [0.29, 0.717) is 12.1 Å². The normalized spacial score (nSPS) is 18.4. The number of ether oxygens (including phenoxy) is 2. The highest BCUT2D eigenvalue weighted by Crippen LogP contribution is 2.23.